The van der Waals surface area contributed by atoms with Crippen molar-refractivity contribution in [3.05, 3.63) is 90.5 Å². The zero-order chi connectivity index (χ0) is 15.2. The number of nitrogens with zero attached hydrogens (tertiary/aromatic N) is 1. The molecule has 1 N–H and O–H groups in total. The maximum atomic E-state index is 9.35. The van der Waals surface area contributed by atoms with Gasteiger partial charge in [-0.3, -0.25) is 0 Å². The Morgan fingerprint density at radius 2 is 1.14 bits per heavy atom. The second-order valence-electron chi connectivity index (χ2n) is 5.11. The number of hydrogen-bond acceptors (Lipinski definition) is 2. The maximum Gasteiger partial charge on any atom is 0.0494 e. The molecule has 0 aliphatic heterocycles. The molecular weight excluding hydrogens is 270 g/mol. The zero-order valence-electron chi connectivity index (χ0n) is 12.4. The molecule has 3 aromatic carbocycles. The van der Waals surface area contributed by atoms with Crippen LogP contribution in [0.5, 0.6) is 0 Å². The Labute approximate surface area is 131 Å². The summed E-state index contributed by atoms with van der Waals surface area (Å²) in [6.45, 7) is 0.147. The van der Waals surface area contributed by atoms with Gasteiger partial charge in [0.1, 0.15) is 0 Å². The number of anilines is 3. The molecule has 0 radical (unpaired) electrons. The molecule has 0 heterocycles. The lowest BCUT2D eigenvalue weighted by atomic mass is 10.1. The number of hydrogen-bond donors (Lipinski definition) is 1. The van der Waals surface area contributed by atoms with Crippen molar-refractivity contribution >= 4 is 17.1 Å². The van der Waals surface area contributed by atoms with Crippen LogP contribution in [-0.2, 0) is 6.42 Å². The monoisotopic (exact) mass is 289 g/mol. The first-order valence-corrected chi connectivity index (χ1v) is 7.49. The van der Waals surface area contributed by atoms with Gasteiger partial charge >= 0.3 is 0 Å². The second-order valence-corrected chi connectivity index (χ2v) is 5.11. The third-order valence-corrected chi connectivity index (χ3v) is 3.64. The van der Waals surface area contributed by atoms with Crippen molar-refractivity contribution in [1.82, 2.24) is 0 Å². The molecular formula is C20H19NO. The van der Waals surface area contributed by atoms with E-state index in [4.69, 9.17) is 0 Å². The molecule has 0 unspecified atom stereocenters. The van der Waals surface area contributed by atoms with Crippen molar-refractivity contribution in [1.29, 1.82) is 0 Å². The highest BCUT2D eigenvalue weighted by molar-refractivity contribution is 5.78. The summed E-state index contributed by atoms with van der Waals surface area (Å²) in [6.07, 6.45) is 0.645. The van der Waals surface area contributed by atoms with Crippen LogP contribution in [0.3, 0.4) is 0 Å². The molecule has 0 atom stereocenters. The molecule has 0 fully saturated rings. The average Bonchev–Trinajstić information content (AvgIpc) is 2.59. The summed E-state index contributed by atoms with van der Waals surface area (Å²) in [5.41, 5.74) is 4.46. The molecule has 3 rings (SSSR count). The highest BCUT2D eigenvalue weighted by atomic mass is 16.2. The molecule has 0 aliphatic carbocycles. The van der Waals surface area contributed by atoms with Crippen molar-refractivity contribution in [2.45, 2.75) is 6.42 Å². The summed E-state index contributed by atoms with van der Waals surface area (Å²) in [6, 6.07) is 28.8. The van der Waals surface area contributed by atoms with Crippen LogP contribution in [0.4, 0.5) is 17.1 Å². The fraction of sp³-hybridized carbons (Fsp3) is 0.100. The van der Waals surface area contributed by atoms with Crippen LogP contribution in [0.2, 0.25) is 0 Å². The van der Waals surface area contributed by atoms with Gasteiger partial charge in [-0.05, 0) is 42.3 Å². The number of aliphatic hydroxyl groups excluding tert-OH is 1. The second kappa shape index (κ2) is 6.92. The van der Waals surface area contributed by atoms with Gasteiger partial charge in [0.15, 0.2) is 0 Å². The Balaban J connectivity index is 2.15. The number of aliphatic hydroxyl groups is 1. The fourth-order valence-electron chi connectivity index (χ4n) is 2.64. The van der Waals surface area contributed by atoms with Crippen LogP contribution < -0.4 is 4.90 Å². The molecule has 0 aromatic heterocycles. The fourth-order valence-corrected chi connectivity index (χ4v) is 2.64. The van der Waals surface area contributed by atoms with Gasteiger partial charge in [-0.2, -0.15) is 0 Å². The first-order chi connectivity index (χ1) is 10.9. The third-order valence-electron chi connectivity index (χ3n) is 3.64. The molecule has 0 amide bonds. The first kappa shape index (κ1) is 14.4. The van der Waals surface area contributed by atoms with Gasteiger partial charge in [-0.1, -0.05) is 54.6 Å². The predicted molar refractivity (Wildman–Crippen MR) is 91.9 cm³/mol. The Bertz CT molecular complexity index is 671. The van der Waals surface area contributed by atoms with Gasteiger partial charge in [0.05, 0.1) is 0 Å². The summed E-state index contributed by atoms with van der Waals surface area (Å²) in [4.78, 5) is 2.23. The van der Waals surface area contributed by atoms with E-state index in [-0.39, 0.29) is 6.61 Å². The quantitative estimate of drug-likeness (QED) is 0.736. The van der Waals surface area contributed by atoms with E-state index in [2.05, 4.69) is 41.3 Å². The van der Waals surface area contributed by atoms with Gasteiger partial charge in [0.25, 0.3) is 0 Å². The largest absolute Gasteiger partial charge is 0.396 e. The van der Waals surface area contributed by atoms with Crippen LogP contribution in [0.15, 0.2) is 84.9 Å². The molecule has 0 saturated heterocycles. The Hall–Kier alpha value is -2.58. The highest BCUT2D eigenvalue weighted by Gasteiger charge is 2.14. The van der Waals surface area contributed by atoms with Crippen molar-refractivity contribution in [2.75, 3.05) is 11.5 Å². The van der Waals surface area contributed by atoms with Gasteiger partial charge in [-0.25, -0.2) is 0 Å². The van der Waals surface area contributed by atoms with E-state index in [0.717, 1.165) is 22.6 Å². The molecule has 22 heavy (non-hydrogen) atoms. The minimum atomic E-state index is 0.147. The third kappa shape index (κ3) is 3.02. The minimum absolute atomic E-state index is 0.147. The van der Waals surface area contributed by atoms with E-state index < -0.39 is 0 Å². The number of benzene rings is 3. The van der Waals surface area contributed by atoms with Crippen molar-refractivity contribution in [3.8, 4) is 0 Å². The minimum Gasteiger partial charge on any atom is -0.396 e. The number of rotatable bonds is 5. The molecule has 110 valence electrons. The van der Waals surface area contributed by atoms with E-state index in [1.54, 1.807) is 0 Å². The maximum absolute atomic E-state index is 9.35. The molecule has 0 spiro atoms. The lowest BCUT2D eigenvalue weighted by Crippen LogP contribution is -2.12. The van der Waals surface area contributed by atoms with Crippen molar-refractivity contribution < 1.29 is 5.11 Å². The average molecular weight is 289 g/mol. The van der Waals surface area contributed by atoms with Gasteiger partial charge in [-0.15, -0.1) is 0 Å². The van der Waals surface area contributed by atoms with Crippen molar-refractivity contribution in [2.24, 2.45) is 0 Å². The van der Waals surface area contributed by atoms with Crippen LogP contribution in [0, 0.1) is 0 Å². The van der Waals surface area contributed by atoms with E-state index >= 15 is 0 Å². The van der Waals surface area contributed by atoms with Crippen LogP contribution in [0.1, 0.15) is 5.56 Å². The molecule has 0 bridgehead atoms. The van der Waals surface area contributed by atoms with E-state index in [0.29, 0.717) is 6.42 Å². The molecule has 3 aromatic rings. The first-order valence-electron chi connectivity index (χ1n) is 7.49. The van der Waals surface area contributed by atoms with Crippen molar-refractivity contribution in [3.63, 3.8) is 0 Å². The van der Waals surface area contributed by atoms with Gasteiger partial charge < -0.3 is 10.0 Å². The summed E-state index contributed by atoms with van der Waals surface area (Å²) < 4.78 is 0. The predicted octanol–water partition coefficient (Wildman–Crippen LogP) is 4.69. The van der Waals surface area contributed by atoms with E-state index in [1.165, 1.54) is 0 Å². The van der Waals surface area contributed by atoms with E-state index in [9.17, 15) is 5.11 Å². The Morgan fingerprint density at radius 1 is 0.636 bits per heavy atom. The zero-order valence-corrected chi connectivity index (χ0v) is 12.4. The molecule has 0 saturated carbocycles. The lowest BCUT2D eigenvalue weighted by molar-refractivity contribution is 0.300. The van der Waals surface area contributed by atoms with Crippen LogP contribution >= 0.6 is 0 Å². The molecule has 0 aliphatic rings. The molecule has 2 nitrogen and oxygen atoms in total. The lowest BCUT2D eigenvalue weighted by Gasteiger charge is -2.27. The summed E-state index contributed by atoms with van der Waals surface area (Å²) in [5.74, 6) is 0. The van der Waals surface area contributed by atoms with Crippen LogP contribution in [-0.4, -0.2) is 11.7 Å². The molecule has 2 heteroatoms. The topological polar surface area (TPSA) is 23.5 Å². The standard InChI is InChI=1S/C20H19NO/c22-16-15-17-9-7-8-14-20(17)21(18-10-3-1-4-11-18)19-12-5-2-6-13-19/h1-14,22H,15-16H2. The van der Waals surface area contributed by atoms with E-state index in [1.807, 2.05) is 48.5 Å². The number of para-hydroxylation sites is 3. The normalized spacial score (nSPS) is 10.4. The van der Waals surface area contributed by atoms with Crippen LogP contribution in [0.25, 0.3) is 0 Å². The summed E-state index contributed by atoms with van der Waals surface area (Å²) in [5, 5.41) is 9.35. The van der Waals surface area contributed by atoms with Gasteiger partial charge in [0.2, 0.25) is 0 Å². The highest BCUT2D eigenvalue weighted by Crippen LogP contribution is 2.36. The SMILES string of the molecule is OCCc1ccccc1N(c1ccccc1)c1ccccc1. The smallest absolute Gasteiger partial charge is 0.0494 e. The summed E-state index contributed by atoms with van der Waals surface area (Å²) in [7, 11) is 0. The Kier molecular flexibility index (Phi) is 4.52. The van der Waals surface area contributed by atoms with Gasteiger partial charge in [0, 0.05) is 23.7 Å². The summed E-state index contributed by atoms with van der Waals surface area (Å²) >= 11 is 0. The Morgan fingerprint density at radius 3 is 1.68 bits per heavy atom.